The zero-order valence-electron chi connectivity index (χ0n) is 24.7. The van der Waals surface area contributed by atoms with E-state index in [0.717, 1.165) is 21.7 Å². The summed E-state index contributed by atoms with van der Waals surface area (Å²) in [4.78, 5) is 46.9. The Morgan fingerprint density at radius 3 is 2.35 bits per heavy atom. The number of aromatic nitrogens is 1. The number of carbonyl (C=O) groups excluding carboxylic acids is 3. The van der Waals surface area contributed by atoms with E-state index in [2.05, 4.69) is 15.6 Å². The van der Waals surface area contributed by atoms with Crippen LogP contribution in [0.25, 0.3) is 10.4 Å². The van der Waals surface area contributed by atoms with Crippen LogP contribution in [0, 0.1) is 18.3 Å². The summed E-state index contributed by atoms with van der Waals surface area (Å²) in [7, 11) is 0. The molecule has 6 atom stereocenters. The third kappa shape index (κ3) is 8.11. The molecule has 9 nitrogen and oxygen atoms in total. The molecule has 10 heteroatoms. The summed E-state index contributed by atoms with van der Waals surface area (Å²) in [5.41, 5.74) is 10.1. The average molecular weight is 572 g/mol. The Balaban J connectivity index is 1.70. The number of amides is 3. The zero-order chi connectivity index (χ0) is 29.8. The summed E-state index contributed by atoms with van der Waals surface area (Å²) in [5.74, 6) is -0.851. The molecule has 3 amide bonds. The van der Waals surface area contributed by atoms with Crippen LogP contribution in [-0.2, 0) is 14.4 Å². The van der Waals surface area contributed by atoms with Gasteiger partial charge in [0.25, 0.3) is 0 Å². The normalized spacial score (nSPS) is 20.5. The first-order chi connectivity index (χ1) is 18.7. The number of aryl methyl sites for hydroxylation is 1. The van der Waals surface area contributed by atoms with Gasteiger partial charge in [0.2, 0.25) is 17.7 Å². The van der Waals surface area contributed by atoms with E-state index in [1.165, 1.54) is 4.90 Å². The Morgan fingerprint density at radius 2 is 1.80 bits per heavy atom. The lowest BCUT2D eigenvalue weighted by Gasteiger charge is -2.35. The molecular weight excluding hydrogens is 526 g/mol. The maximum atomic E-state index is 13.8. The summed E-state index contributed by atoms with van der Waals surface area (Å²) in [6.07, 6.45) is 0.282. The fourth-order valence-electron chi connectivity index (χ4n) is 5.27. The van der Waals surface area contributed by atoms with Gasteiger partial charge in [-0.25, -0.2) is 4.98 Å². The van der Waals surface area contributed by atoms with Gasteiger partial charge >= 0.3 is 0 Å². The van der Waals surface area contributed by atoms with Crippen molar-refractivity contribution in [3.8, 4) is 10.4 Å². The molecule has 40 heavy (non-hydrogen) atoms. The number of β-amino-alcohol motifs (C(OH)–C–C–N with tert-alkyl or cyclic N) is 1. The summed E-state index contributed by atoms with van der Waals surface area (Å²) >= 11 is 1.59. The van der Waals surface area contributed by atoms with Crippen molar-refractivity contribution in [2.45, 2.75) is 98.0 Å². The van der Waals surface area contributed by atoms with Gasteiger partial charge in [-0.05, 0) is 49.7 Å². The molecule has 0 radical (unpaired) electrons. The van der Waals surface area contributed by atoms with Crippen LogP contribution in [0.15, 0.2) is 29.8 Å². The van der Waals surface area contributed by atoms with Gasteiger partial charge in [0.05, 0.1) is 28.2 Å². The maximum Gasteiger partial charge on any atom is 0.246 e. The minimum Gasteiger partial charge on any atom is -0.391 e. The summed E-state index contributed by atoms with van der Waals surface area (Å²) in [6.45, 7) is 13.4. The third-order valence-corrected chi connectivity index (χ3v) is 8.35. The number of hydrogen-bond acceptors (Lipinski definition) is 7. The van der Waals surface area contributed by atoms with Crippen molar-refractivity contribution >= 4 is 29.1 Å². The number of hydrogen-bond donors (Lipinski definition) is 4. The lowest BCUT2D eigenvalue weighted by Crippen LogP contribution is -2.58. The first-order valence-corrected chi connectivity index (χ1v) is 14.9. The highest BCUT2D eigenvalue weighted by atomic mass is 32.1. The molecule has 2 heterocycles. The predicted molar refractivity (Wildman–Crippen MR) is 158 cm³/mol. The lowest BCUT2D eigenvalue weighted by molar-refractivity contribution is -0.144. The topological polar surface area (TPSA) is 138 Å². The Hall–Kier alpha value is -2.82. The number of rotatable bonds is 10. The lowest BCUT2D eigenvalue weighted by atomic mass is 9.85. The molecule has 0 bridgehead atoms. The summed E-state index contributed by atoms with van der Waals surface area (Å²) in [6, 6.07) is 5.98. The van der Waals surface area contributed by atoms with E-state index in [9.17, 15) is 19.5 Å². The number of thiazole rings is 1. The smallest absolute Gasteiger partial charge is 0.246 e. The van der Waals surface area contributed by atoms with Gasteiger partial charge in [-0.1, -0.05) is 52.0 Å². The second kappa shape index (κ2) is 13.2. The molecule has 5 N–H and O–H groups in total. The first kappa shape index (κ1) is 31.7. The standard InChI is InChI=1S/C30H45N5O4S/c1-17(12-18(2)31)13-25(37)34-27(30(5,6)7)29(39)35-15-23(36)14-24(35)28(38)33-19(3)21-8-10-22(11-9-21)26-20(4)32-16-40-26/h8-11,16-19,23-24,27,36H,12-15,31H2,1-7H3,(H,33,38)(H,34,37)/t17?,18?,19-,23+,24-,27+/m0/s1. The molecule has 0 spiro atoms. The molecule has 1 aromatic carbocycles. The minimum absolute atomic E-state index is 0.0176. The van der Waals surface area contributed by atoms with Gasteiger partial charge in [0.15, 0.2) is 0 Å². The SMILES string of the molecule is Cc1ncsc1-c1ccc([C@H](C)NC(=O)[C@@H]2C[C@@H](O)CN2C(=O)[C@@H](NC(=O)CC(C)CC(C)N)C(C)(C)C)cc1. The maximum absolute atomic E-state index is 13.8. The largest absolute Gasteiger partial charge is 0.391 e. The minimum atomic E-state index is -0.844. The first-order valence-electron chi connectivity index (χ1n) is 14.0. The molecule has 1 aliphatic heterocycles. The fraction of sp³-hybridized carbons (Fsp3) is 0.600. The van der Waals surface area contributed by atoms with Gasteiger partial charge in [-0.2, -0.15) is 0 Å². The second-order valence-electron chi connectivity index (χ2n) is 12.4. The highest BCUT2D eigenvalue weighted by molar-refractivity contribution is 7.13. The number of benzene rings is 1. The number of aliphatic hydroxyl groups is 1. The molecule has 0 aliphatic carbocycles. The monoisotopic (exact) mass is 571 g/mol. The van der Waals surface area contributed by atoms with Crippen molar-refractivity contribution in [1.82, 2.24) is 20.5 Å². The van der Waals surface area contributed by atoms with E-state index in [1.54, 1.807) is 11.3 Å². The van der Waals surface area contributed by atoms with Crippen molar-refractivity contribution in [3.05, 3.63) is 41.0 Å². The number of likely N-dealkylation sites (tertiary alicyclic amines) is 1. The van der Waals surface area contributed by atoms with Crippen LogP contribution in [0.2, 0.25) is 0 Å². The van der Waals surface area contributed by atoms with Crippen LogP contribution >= 0.6 is 11.3 Å². The van der Waals surface area contributed by atoms with Gasteiger partial charge in [0, 0.05) is 25.4 Å². The predicted octanol–water partition coefficient (Wildman–Crippen LogP) is 3.55. The number of nitrogens with zero attached hydrogens (tertiary/aromatic N) is 2. The van der Waals surface area contributed by atoms with Crippen molar-refractivity contribution in [1.29, 1.82) is 0 Å². The van der Waals surface area contributed by atoms with Crippen molar-refractivity contribution < 1.29 is 19.5 Å². The van der Waals surface area contributed by atoms with Gasteiger partial charge < -0.3 is 26.4 Å². The third-order valence-electron chi connectivity index (χ3n) is 7.37. The Labute approximate surface area is 241 Å². The molecule has 0 saturated carbocycles. The highest BCUT2D eigenvalue weighted by Gasteiger charge is 2.44. The number of nitrogens with one attached hydrogen (secondary N) is 2. The van der Waals surface area contributed by atoms with Crippen LogP contribution in [0.4, 0.5) is 0 Å². The van der Waals surface area contributed by atoms with Crippen LogP contribution in [0.1, 0.15) is 78.1 Å². The van der Waals surface area contributed by atoms with Gasteiger partial charge in [-0.3, -0.25) is 14.4 Å². The van der Waals surface area contributed by atoms with Crippen LogP contribution in [0.5, 0.6) is 0 Å². The summed E-state index contributed by atoms with van der Waals surface area (Å²) in [5, 5.41) is 16.4. The van der Waals surface area contributed by atoms with E-state index in [4.69, 9.17) is 5.73 Å². The average Bonchev–Trinajstić information content (AvgIpc) is 3.46. The molecule has 3 rings (SSSR count). The number of nitrogens with two attached hydrogens (primary N) is 1. The molecule has 220 valence electrons. The fourth-order valence-corrected chi connectivity index (χ4v) is 6.08. The molecule has 1 saturated heterocycles. The van der Waals surface area contributed by atoms with E-state index >= 15 is 0 Å². The molecule has 1 fully saturated rings. The molecule has 1 aromatic heterocycles. The zero-order valence-corrected chi connectivity index (χ0v) is 25.5. The van der Waals surface area contributed by atoms with Gasteiger partial charge in [0.1, 0.15) is 12.1 Å². The van der Waals surface area contributed by atoms with Crippen LogP contribution < -0.4 is 16.4 Å². The molecule has 2 aromatic rings. The number of carbonyl (C=O) groups is 3. The van der Waals surface area contributed by atoms with Crippen molar-refractivity contribution in [2.75, 3.05) is 6.54 Å². The van der Waals surface area contributed by atoms with Crippen LogP contribution in [-0.4, -0.2) is 63.5 Å². The van der Waals surface area contributed by atoms with E-state index < -0.39 is 23.6 Å². The van der Waals surface area contributed by atoms with Crippen molar-refractivity contribution in [3.63, 3.8) is 0 Å². The van der Waals surface area contributed by atoms with Crippen LogP contribution in [0.3, 0.4) is 0 Å². The Morgan fingerprint density at radius 1 is 1.15 bits per heavy atom. The molecule has 1 aliphatic rings. The molecule has 2 unspecified atom stereocenters. The van der Waals surface area contributed by atoms with E-state index in [0.29, 0.717) is 6.42 Å². The summed E-state index contributed by atoms with van der Waals surface area (Å²) < 4.78 is 0. The Bertz CT molecular complexity index is 1170. The highest BCUT2D eigenvalue weighted by Crippen LogP contribution is 2.29. The Kier molecular flexibility index (Phi) is 10.5. The number of aliphatic hydroxyl groups excluding tert-OH is 1. The van der Waals surface area contributed by atoms with Crippen molar-refractivity contribution in [2.24, 2.45) is 17.1 Å². The molecular formula is C30H45N5O4S. The van der Waals surface area contributed by atoms with E-state index in [1.807, 2.05) is 78.2 Å². The quantitative estimate of drug-likeness (QED) is 0.344. The second-order valence-corrected chi connectivity index (χ2v) is 13.3. The van der Waals surface area contributed by atoms with E-state index in [-0.39, 0.29) is 55.1 Å². The van der Waals surface area contributed by atoms with Gasteiger partial charge in [-0.15, -0.1) is 11.3 Å².